The summed E-state index contributed by atoms with van der Waals surface area (Å²) in [5.41, 5.74) is 1.44. The highest BCUT2D eigenvalue weighted by atomic mass is 35.5. The van der Waals surface area contributed by atoms with Crippen molar-refractivity contribution in [2.24, 2.45) is 0 Å². The van der Waals surface area contributed by atoms with E-state index >= 15 is 0 Å². The van der Waals surface area contributed by atoms with Gasteiger partial charge >= 0.3 is 0 Å². The maximum atomic E-state index is 9.31. The van der Waals surface area contributed by atoms with Crippen molar-refractivity contribution in [3.8, 4) is 5.69 Å². The third-order valence-electron chi connectivity index (χ3n) is 2.36. The van der Waals surface area contributed by atoms with Gasteiger partial charge < -0.3 is 5.11 Å². The summed E-state index contributed by atoms with van der Waals surface area (Å²) >= 11 is 6.02. The lowest BCUT2D eigenvalue weighted by molar-refractivity contribution is 0.281. The predicted octanol–water partition coefficient (Wildman–Crippen LogP) is 2.03. The molecular formula is C11H12ClN3O. The highest BCUT2D eigenvalue weighted by molar-refractivity contribution is 6.31. The minimum Gasteiger partial charge on any atom is -0.392 e. The Morgan fingerprint density at radius 1 is 1.38 bits per heavy atom. The first-order valence-corrected chi connectivity index (χ1v) is 5.30. The number of aromatic nitrogens is 3. The van der Waals surface area contributed by atoms with Crippen LogP contribution < -0.4 is 0 Å². The topological polar surface area (TPSA) is 50.9 Å². The molecule has 0 amide bonds. The Morgan fingerprint density at radius 2 is 2.12 bits per heavy atom. The highest BCUT2D eigenvalue weighted by Crippen LogP contribution is 2.23. The largest absolute Gasteiger partial charge is 0.392 e. The van der Waals surface area contributed by atoms with Crippen LogP contribution in [0.25, 0.3) is 5.69 Å². The zero-order valence-electron chi connectivity index (χ0n) is 9.11. The number of aliphatic hydroxyl groups is 1. The summed E-state index contributed by atoms with van der Waals surface area (Å²) in [5, 5.41) is 14.1. The number of aryl methyl sites for hydroxylation is 2. The van der Waals surface area contributed by atoms with E-state index in [2.05, 4.69) is 10.1 Å². The maximum absolute atomic E-state index is 9.31. The van der Waals surface area contributed by atoms with Gasteiger partial charge in [-0.1, -0.05) is 17.7 Å². The Kier molecular flexibility index (Phi) is 2.94. The van der Waals surface area contributed by atoms with Crippen LogP contribution in [0.15, 0.2) is 18.2 Å². The van der Waals surface area contributed by atoms with Gasteiger partial charge in [-0.2, -0.15) is 5.10 Å². The lowest BCUT2D eigenvalue weighted by atomic mass is 10.2. The van der Waals surface area contributed by atoms with Crippen LogP contribution in [0.2, 0.25) is 5.02 Å². The summed E-state index contributed by atoms with van der Waals surface area (Å²) in [6, 6.07) is 5.43. The summed E-state index contributed by atoms with van der Waals surface area (Å²) in [5.74, 6) is 1.47. The normalized spacial score (nSPS) is 10.8. The van der Waals surface area contributed by atoms with Crippen LogP contribution in [0.4, 0.5) is 0 Å². The smallest absolute Gasteiger partial charge is 0.148 e. The number of benzene rings is 1. The van der Waals surface area contributed by atoms with E-state index in [9.17, 15) is 5.11 Å². The first-order valence-electron chi connectivity index (χ1n) is 4.92. The molecule has 16 heavy (non-hydrogen) atoms. The quantitative estimate of drug-likeness (QED) is 0.870. The molecule has 1 heterocycles. The molecule has 5 heteroatoms. The van der Waals surface area contributed by atoms with Crippen molar-refractivity contribution >= 4 is 11.6 Å². The van der Waals surface area contributed by atoms with Crippen molar-refractivity contribution in [3.63, 3.8) is 0 Å². The number of hydrogen-bond donors (Lipinski definition) is 1. The molecule has 1 aromatic heterocycles. The van der Waals surface area contributed by atoms with E-state index in [-0.39, 0.29) is 6.61 Å². The minimum atomic E-state index is -0.118. The van der Waals surface area contributed by atoms with Gasteiger partial charge in [0, 0.05) is 10.6 Å². The van der Waals surface area contributed by atoms with Crippen LogP contribution in [-0.4, -0.2) is 19.9 Å². The average Bonchev–Trinajstić information content (AvgIpc) is 2.57. The summed E-state index contributed by atoms with van der Waals surface area (Å²) in [7, 11) is 0. The van der Waals surface area contributed by atoms with Gasteiger partial charge in [-0.05, 0) is 26.0 Å². The molecule has 0 radical (unpaired) electrons. The van der Waals surface area contributed by atoms with Crippen molar-refractivity contribution in [2.45, 2.75) is 20.5 Å². The molecular weight excluding hydrogens is 226 g/mol. The van der Waals surface area contributed by atoms with Gasteiger partial charge in [0.2, 0.25) is 0 Å². The summed E-state index contributed by atoms with van der Waals surface area (Å²) in [4.78, 5) is 4.22. The van der Waals surface area contributed by atoms with Crippen LogP contribution in [0, 0.1) is 13.8 Å². The van der Waals surface area contributed by atoms with Gasteiger partial charge in [-0.3, -0.25) is 0 Å². The van der Waals surface area contributed by atoms with Gasteiger partial charge in [-0.25, -0.2) is 9.67 Å². The third kappa shape index (κ3) is 1.81. The lowest BCUT2D eigenvalue weighted by Crippen LogP contribution is -2.04. The van der Waals surface area contributed by atoms with Gasteiger partial charge in [0.25, 0.3) is 0 Å². The Hall–Kier alpha value is -1.39. The number of hydrogen-bond acceptors (Lipinski definition) is 3. The van der Waals surface area contributed by atoms with E-state index in [1.165, 1.54) is 0 Å². The molecule has 0 spiro atoms. The zero-order chi connectivity index (χ0) is 11.7. The molecule has 1 N–H and O–H groups in total. The van der Waals surface area contributed by atoms with E-state index in [4.69, 9.17) is 11.6 Å². The second-order valence-corrected chi connectivity index (χ2v) is 3.92. The second kappa shape index (κ2) is 4.23. The first kappa shape index (κ1) is 11.1. The second-order valence-electron chi connectivity index (χ2n) is 3.51. The Bertz CT molecular complexity index is 522. The molecule has 0 saturated heterocycles. The molecule has 2 aromatic rings. The predicted molar refractivity (Wildman–Crippen MR) is 61.8 cm³/mol. The van der Waals surface area contributed by atoms with E-state index in [0.717, 1.165) is 11.5 Å². The number of halogens is 1. The van der Waals surface area contributed by atoms with E-state index < -0.39 is 0 Å². The Morgan fingerprint density at radius 3 is 2.69 bits per heavy atom. The SMILES string of the molecule is Cc1nc(C)n(-c2cccc(Cl)c2CO)n1. The Balaban J connectivity index is 2.64. The van der Waals surface area contributed by atoms with E-state index in [1.807, 2.05) is 26.0 Å². The van der Waals surface area contributed by atoms with Gasteiger partial charge in [0.15, 0.2) is 0 Å². The zero-order valence-corrected chi connectivity index (χ0v) is 9.86. The fraction of sp³-hybridized carbons (Fsp3) is 0.273. The van der Waals surface area contributed by atoms with Gasteiger partial charge in [0.1, 0.15) is 11.6 Å². The van der Waals surface area contributed by atoms with Crippen molar-refractivity contribution in [3.05, 3.63) is 40.4 Å². The molecule has 0 atom stereocenters. The van der Waals surface area contributed by atoms with Crippen LogP contribution in [0.1, 0.15) is 17.2 Å². The summed E-state index contributed by atoms with van der Waals surface area (Å²) in [6.07, 6.45) is 0. The fourth-order valence-corrected chi connectivity index (χ4v) is 1.88. The first-order chi connectivity index (χ1) is 7.63. The standard InChI is InChI=1S/C11H12ClN3O/c1-7-13-8(2)15(14-7)11-5-3-4-10(12)9(11)6-16/h3-5,16H,6H2,1-2H3. The third-order valence-corrected chi connectivity index (χ3v) is 2.71. The number of aliphatic hydroxyl groups excluding tert-OH is 1. The molecule has 0 aliphatic heterocycles. The van der Waals surface area contributed by atoms with Crippen LogP contribution >= 0.6 is 11.6 Å². The van der Waals surface area contributed by atoms with Crippen LogP contribution in [0.3, 0.4) is 0 Å². The Labute approximate surface area is 98.5 Å². The maximum Gasteiger partial charge on any atom is 0.148 e. The monoisotopic (exact) mass is 237 g/mol. The molecule has 2 rings (SSSR count). The molecule has 84 valence electrons. The summed E-state index contributed by atoms with van der Waals surface area (Å²) in [6.45, 7) is 3.57. The molecule has 0 unspecified atom stereocenters. The molecule has 0 bridgehead atoms. The minimum absolute atomic E-state index is 0.118. The molecule has 0 aliphatic carbocycles. The van der Waals surface area contributed by atoms with Crippen molar-refractivity contribution in [1.82, 2.24) is 14.8 Å². The van der Waals surface area contributed by atoms with Gasteiger partial charge in [0.05, 0.1) is 12.3 Å². The van der Waals surface area contributed by atoms with Crippen molar-refractivity contribution in [2.75, 3.05) is 0 Å². The molecule has 0 fully saturated rings. The van der Waals surface area contributed by atoms with E-state index in [0.29, 0.717) is 16.4 Å². The molecule has 0 saturated carbocycles. The molecule has 4 nitrogen and oxygen atoms in total. The number of nitrogens with zero attached hydrogens (tertiary/aromatic N) is 3. The van der Waals surface area contributed by atoms with Crippen molar-refractivity contribution in [1.29, 1.82) is 0 Å². The van der Waals surface area contributed by atoms with Gasteiger partial charge in [-0.15, -0.1) is 0 Å². The lowest BCUT2D eigenvalue weighted by Gasteiger charge is -2.09. The molecule has 0 aliphatic rings. The van der Waals surface area contributed by atoms with Crippen molar-refractivity contribution < 1.29 is 5.11 Å². The van der Waals surface area contributed by atoms with Crippen LogP contribution in [0.5, 0.6) is 0 Å². The fourth-order valence-electron chi connectivity index (χ4n) is 1.65. The highest BCUT2D eigenvalue weighted by Gasteiger charge is 2.11. The average molecular weight is 238 g/mol. The van der Waals surface area contributed by atoms with Crippen LogP contribution in [-0.2, 0) is 6.61 Å². The summed E-state index contributed by atoms with van der Waals surface area (Å²) < 4.78 is 1.69. The number of rotatable bonds is 2. The van der Waals surface area contributed by atoms with E-state index in [1.54, 1.807) is 10.7 Å². The molecule has 1 aromatic carbocycles.